The molecule has 0 saturated carbocycles. The standard InChI is InChI=1S/C13H21NO3.C12H19NO3/c1-5-6-10(3)12(15)14-8-9(2)7-11(14)13(16)17-4;1-4-5-9(3)11(14)13-7-8(2)6-10(13)12(15)16/h5,9-11H,1,6-8H2,2-4H3;4,8-10H,1,5-7H2,2-3H3,(H,15,16)/t9-,10-,11-;8-,9-,10-/m00/s1. The summed E-state index contributed by atoms with van der Waals surface area (Å²) in [4.78, 5) is 50.0. The Morgan fingerprint density at radius 2 is 1.30 bits per heavy atom. The minimum absolute atomic E-state index is 0.0182. The van der Waals surface area contributed by atoms with Crippen molar-refractivity contribution in [3.05, 3.63) is 25.3 Å². The molecule has 8 heteroatoms. The molecule has 33 heavy (non-hydrogen) atoms. The predicted molar refractivity (Wildman–Crippen MR) is 126 cm³/mol. The van der Waals surface area contributed by atoms with Gasteiger partial charge in [0, 0.05) is 24.9 Å². The van der Waals surface area contributed by atoms with Gasteiger partial charge in [0.15, 0.2) is 0 Å². The summed E-state index contributed by atoms with van der Waals surface area (Å²) in [5, 5.41) is 9.05. The Balaban J connectivity index is 0.000000331. The van der Waals surface area contributed by atoms with E-state index in [0.29, 0.717) is 44.7 Å². The van der Waals surface area contributed by atoms with Gasteiger partial charge in [-0.05, 0) is 37.5 Å². The number of carbonyl (C=O) groups excluding carboxylic acids is 3. The second-order valence-electron chi connectivity index (χ2n) is 9.41. The van der Waals surface area contributed by atoms with E-state index in [1.54, 1.807) is 17.1 Å². The largest absolute Gasteiger partial charge is 0.480 e. The Morgan fingerprint density at radius 3 is 1.67 bits per heavy atom. The van der Waals surface area contributed by atoms with Crippen molar-refractivity contribution in [3.63, 3.8) is 0 Å². The van der Waals surface area contributed by atoms with Crippen LogP contribution in [0.4, 0.5) is 0 Å². The zero-order valence-corrected chi connectivity index (χ0v) is 20.7. The van der Waals surface area contributed by atoms with Crippen LogP contribution in [0.5, 0.6) is 0 Å². The van der Waals surface area contributed by atoms with Gasteiger partial charge in [-0.15, -0.1) is 13.2 Å². The lowest BCUT2D eigenvalue weighted by Gasteiger charge is -2.25. The Kier molecular flexibility index (Phi) is 11.3. The number of amides is 2. The van der Waals surface area contributed by atoms with Gasteiger partial charge in [0.2, 0.25) is 11.8 Å². The Morgan fingerprint density at radius 1 is 0.909 bits per heavy atom. The first kappa shape index (κ1) is 28.4. The van der Waals surface area contributed by atoms with Crippen molar-refractivity contribution in [1.82, 2.24) is 9.80 Å². The molecule has 2 saturated heterocycles. The van der Waals surface area contributed by atoms with E-state index in [1.807, 2.05) is 27.7 Å². The Labute approximate surface area is 197 Å². The number of hydrogen-bond acceptors (Lipinski definition) is 5. The highest BCUT2D eigenvalue weighted by atomic mass is 16.5. The third-order valence-corrected chi connectivity index (χ3v) is 6.23. The highest BCUT2D eigenvalue weighted by Gasteiger charge is 2.40. The van der Waals surface area contributed by atoms with Gasteiger partial charge >= 0.3 is 11.9 Å². The van der Waals surface area contributed by atoms with Gasteiger partial charge in [-0.3, -0.25) is 9.59 Å². The van der Waals surface area contributed by atoms with Gasteiger partial charge in [-0.1, -0.05) is 39.8 Å². The first-order valence-corrected chi connectivity index (χ1v) is 11.6. The molecule has 0 aliphatic carbocycles. The van der Waals surface area contributed by atoms with Crippen molar-refractivity contribution in [2.24, 2.45) is 23.7 Å². The number of carboxylic acids is 1. The van der Waals surface area contributed by atoms with E-state index in [4.69, 9.17) is 9.84 Å². The van der Waals surface area contributed by atoms with Crippen LogP contribution in [0.2, 0.25) is 0 Å². The lowest BCUT2D eigenvalue weighted by Crippen LogP contribution is -2.43. The topological polar surface area (TPSA) is 104 Å². The van der Waals surface area contributed by atoms with E-state index in [-0.39, 0.29) is 35.5 Å². The maximum absolute atomic E-state index is 12.2. The van der Waals surface area contributed by atoms with Gasteiger partial charge < -0.3 is 19.6 Å². The average molecular weight is 465 g/mol. The van der Waals surface area contributed by atoms with Gasteiger partial charge in [-0.2, -0.15) is 0 Å². The van der Waals surface area contributed by atoms with Crippen molar-refractivity contribution in [2.75, 3.05) is 20.2 Å². The van der Waals surface area contributed by atoms with Crippen LogP contribution in [0.3, 0.4) is 0 Å². The predicted octanol–water partition coefficient (Wildman–Crippen LogP) is 3.13. The lowest BCUT2D eigenvalue weighted by molar-refractivity contribution is -0.152. The highest BCUT2D eigenvalue weighted by Crippen LogP contribution is 2.27. The maximum atomic E-state index is 12.2. The van der Waals surface area contributed by atoms with Crippen molar-refractivity contribution >= 4 is 23.8 Å². The molecule has 2 aliphatic heterocycles. The van der Waals surface area contributed by atoms with Crippen LogP contribution in [0.1, 0.15) is 53.4 Å². The fraction of sp³-hybridized carbons (Fsp3) is 0.680. The molecule has 2 amide bonds. The third kappa shape index (κ3) is 7.72. The third-order valence-electron chi connectivity index (χ3n) is 6.23. The summed E-state index contributed by atoms with van der Waals surface area (Å²) in [6.45, 7) is 16.1. The van der Waals surface area contributed by atoms with Crippen LogP contribution in [0.25, 0.3) is 0 Å². The molecule has 2 aliphatic rings. The molecule has 2 heterocycles. The van der Waals surface area contributed by atoms with E-state index in [1.165, 1.54) is 12.0 Å². The van der Waals surface area contributed by atoms with E-state index in [9.17, 15) is 19.2 Å². The van der Waals surface area contributed by atoms with Gasteiger partial charge in [-0.25, -0.2) is 9.59 Å². The molecule has 0 aromatic carbocycles. The molecule has 0 aromatic rings. The molecule has 1 N–H and O–H groups in total. The lowest BCUT2D eigenvalue weighted by atomic mass is 10.1. The monoisotopic (exact) mass is 464 g/mol. The summed E-state index contributed by atoms with van der Waals surface area (Å²) < 4.78 is 4.75. The number of methoxy groups -OCH3 is 1. The van der Waals surface area contributed by atoms with Crippen LogP contribution >= 0.6 is 0 Å². The summed E-state index contributed by atoms with van der Waals surface area (Å²) in [7, 11) is 1.36. The van der Waals surface area contributed by atoms with Crippen LogP contribution < -0.4 is 0 Å². The van der Waals surface area contributed by atoms with Crippen LogP contribution in [-0.4, -0.2) is 70.9 Å². The molecule has 2 rings (SSSR count). The van der Waals surface area contributed by atoms with Crippen LogP contribution in [0.15, 0.2) is 25.3 Å². The number of esters is 1. The molecule has 0 unspecified atom stereocenters. The quantitative estimate of drug-likeness (QED) is 0.437. The molecule has 0 spiro atoms. The van der Waals surface area contributed by atoms with E-state index < -0.39 is 18.1 Å². The summed E-state index contributed by atoms with van der Waals surface area (Å²) in [5.41, 5.74) is 0. The zero-order chi connectivity index (χ0) is 25.3. The van der Waals surface area contributed by atoms with Crippen molar-refractivity contribution in [1.29, 1.82) is 0 Å². The number of rotatable bonds is 8. The first-order chi connectivity index (χ1) is 15.5. The molecule has 0 radical (unpaired) electrons. The zero-order valence-electron chi connectivity index (χ0n) is 20.7. The van der Waals surface area contributed by atoms with Crippen LogP contribution in [-0.2, 0) is 23.9 Å². The normalized spacial score (nSPS) is 26.0. The van der Waals surface area contributed by atoms with Crippen molar-refractivity contribution in [3.8, 4) is 0 Å². The summed E-state index contributed by atoms with van der Waals surface area (Å²) in [6.07, 6.45) is 5.90. The molecule has 0 bridgehead atoms. The van der Waals surface area contributed by atoms with E-state index in [0.717, 1.165) is 0 Å². The molecule has 186 valence electrons. The first-order valence-electron chi connectivity index (χ1n) is 11.6. The number of nitrogens with zero attached hydrogens (tertiary/aromatic N) is 2. The number of carbonyl (C=O) groups is 4. The van der Waals surface area contributed by atoms with Crippen molar-refractivity contribution in [2.45, 2.75) is 65.5 Å². The summed E-state index contributed by atoms with van der Waals surface area (Å²) in [6, 6.07) is -1.05. The fourth-order valence-electron chi connectivity index (χ4n) is 4.44. The van der Waals surface area contributed by atoms with Crippen molar-refractivity contribution < 1.29 is 29.0 Å². The Hall–Kier alpha value is -2.64. The second kappa shape index (κ2) is 13.2. The number of aliphatic carboxylic acids is 1. The second-order valence-corrected chi connectivity index (χ2v) is 9.41. The molecular weight excluding hydrogens is 424 g/mol. The molecule has 2 fully saturated rings. The van der Waals surface area contributed by atoms with Crippen LogP contribution in [0, 0.1) is 23.7 Å². The summed E-state index contributed by atoms with van der Waals surface area (Å²) >= 11 is 0. The number of ether oxygens (including phenoxy) is 1. The van der Waals surface area contributed by atoms with E-state index in [2.05, 4.69) is 13.2 Å². The van der Waals surface area contributed by atoms with E-state index >= 15 is 0 Å². The SMILES string of the molecule is C=CC[C@H](C)C(=O)N1C[C@@H](C)C[C@H]1C(=O)O.C=CC[C@H](C)C(=O)N1C[C@@H](C)C[C@H]1C(=O)OC. The number of hydrogen-bond donors (Lipinski definition) is 1. The Bertz CT molecular complexity index is 736. The van der Waals surface area contributed by atoms with Gasteiger partial charge in [0.1, 0.15) is 12.1 Å². The minimum atomic E-state index is -0.900. The van der Waals surface area contributed by atoms with Gasteiger partial charge in [0.25, 0.3) is 0 Å². The maximum Gasteiger partial charge on any atom is 0.328 e. The smallest absolute Gasteiger partial charge is 0.328 e. The highest BCUT2D eigenvalue weighted by molar-refractivity contribution is 5.86. The molecular formula is C25H40N2O6. The number of likely N-dealkylation sites (tertiary alicyclic amines) is 2. The minimum Gasteiger partial charge on any atom is -0.480 e. The fourth-order valence-corrected chi connectivity index (χ4v) is 4.44. The summed E-state index contributed by atoms with van der Waals surface area (Å²) in [5.74, 6) is -0.951. The average Bonchev–Trinajstić information content (AvgIpc) is 3.35. The number of allylic oxidation sites excluding steroid dienone is 2. The van der Waals surface area contributed by atoms with Gasteiger partial charge in [0.05, 0.1) is 7.11 Å². The molecule has 6 atom stereocenters. The number of carboxylic acid groups (broad SMARTS) is 1. The molecule has 8 nitrogen and oxygen atoms in total. The molecule has 0 aromatic heterocycles.